The Morgan fingerprint density at radius 3 is 2.58 bits per heavy atom. The van der Waals surface area contributed by atoms with Crippen molar-refractivity contribution in [3.05, 3.63) is 87.3 Å². The van der Waals surface area contributed by atoms with Crippen LogP contribution in [0.15, 0.2) is 57.9 Å². The van der Waals surface area contributed by atoms with E-state index in [1.54, 1.807) is 38.1 Å². The molecule has 1 aliphatic carbocycles. The van der Waals surface area contributed by atoms with Crippen LogP contribution in [-0.4, -0.2) is 18.6 Å². The number of nitrogens with one attached hydrogen (secondary N) is 1. The molecular weight excluding hydrogens is 522 g/mol. The minimum absolute atomic E-state index is 0.0925. The van der Waals surface area contributed by atoms with Crippen molar-refractivity contribution in [3.8, 4) is 16.9 Å². The molecule has 0 amide bonds. The van der Waals surface area contributed by atoms with Crippen molar-refractivity contribution in [1.29, 1.82) is 0 Å². The standard InChI is InChI=1S/C29H30ClN3O4S/c1-4-21-16-27(24-10-5-7-11-26(24)31-21)36-17-20-13-14-22(25(30)15-20)23-9-6-8-12-28(23)38(34,35)33-29-18(2)19(3)32-37-29/h6,8-9,12-16,33H,4-5,7,10-11,17H2,1-3H3. The molecule has 2 heterocycles. The van der Waals surface area contributed by atoms with Gasteiger partial charge in [0.25, 0.3) is 10.0 Å². The van der Waals surface area contributed by atoms with E-state index in [1.807, 2.05) is 24.3 Å². The summed E-state index contributed by atoms with van der Waals surface area (Å²) < 4.78 is 40.5. The molecule has 0 aliphatic heterocycles. The van der Waals surface area contributed by atoms with Gasteiger partial charge in [-0.05, 0) is 63.6 Å². The molecule has 0 atom stereocenters. The Kier molecular flexibility index (Phi) is 7.45. The van der Waals surface area contributed by atoms with E-state index in [4.69, 9.17) is 25.8 Å². The highest BCUT2D eigenvalue weighted by Crippen LogP contribution is 2.35. The molecule has 38 heavy (non-hydrogen) atoms. The molecular formula is C29H30ClN3O4S. The normalized spacial score (nSPS) is 13.3. The third-order valence-electron chi connectivity index (χ3n) is 6.95. The molecule has 5 rings (SSSR count). The van der Waals surface area contributed by atoms with Crippen molar-refractivity contribution >= 4 is 27.5 Å². The third-order valence-corrected chi connectivity index (χ3v) is 8.66. The van der Waals surface area contributed by atoms with Gasteiger partial charge < -0.3 is 9.26 Å². The molecule has 0 unspecified atom stereocenters. The van der Waals surface area contributed by atoms with Crippen LogP contribution in [0.2, 0.25) is 5.02 Å². The Morgan fingerprint density at radius 1 is 1.05 bits per heavy atom. The minimum Gasteiger partial charge on any atom is -0.488 e. The summed E-state index contributed by atoms with van der Waals surface area (Å²) in [7, 11) is -3.96. The van der Waals surface area contributed by atoms with Gasteiger partial charge in [-0.25, -0.2) is 13.1 Å². The fraction of sp³-hybridized carbons (Fsp3) is 0.310. The molecule has 4 aromatic rings. The minimum atomic E-state index is -3.96. The van der Waals surface area contributed by atoms with Crippen molar-refractivity contribution in [1.82, 2.24) is 10.1 Å². The Morgan fingerprint density at radius 2 is 1.84 bits per heavy atom. The second-order valence-electron chi connectivity index (χ2n) is 9.52. The van der Waals surface area contributed by atoms with Gasteiger partial charge in [-0.1, -0.05) is 54.0 Å². The van der Waals surface area contributed by atoms with Crippen molar-refractivity contribution in [2.75, 3.05) is 4.72 Å². The predicted octanol–water partition coefficient (Wildman–Crippen LogP) is 6.83. The second kappa shape index (κ2) is 10.8. The van der Waals surface area contributed by atoms with Gasteiger partial charge in [0.05, 0.1) is 10.6 Å². The van der Waals surface area contributed by atoms with Crippen LogP contribution in [0.1, 0.15) is 53.5 Å². The van der Waals surface area contributed by atoms with E-state index < -0.39 is 10.0 Å². The summed E-state index contributed by atoms with van der Waals surface area (Å²) in [6.45, 7) is 5.95. The number of anilines is 1. The molecule has 9 heteroatoms. The zero-order valence-electron chi connectivity index (χ0n) is 21.7. The van der Waals surface area contributed by atoms with E-state index in [9.17, 15) is 8.42 Å². The highest BCUT2D eigenvalue weighted by molar-refractivity contribution is 7.92. The average Bonchev–Trinajstić information content (AvgIpc) is 3.23. The number of ether oxygens (including phenoxy) is 1. The maximum atomic E-state index is 13.3. The number of halogens is 1. The van der Waals surface area contributed by atoms with E-state index in [0.717, 1.165) is 54.8 Å². The quantitative estimate of drug-likeness (QED) is 0.258. The van der Waals surface area contributed by atoms with Crippen LogP contribution in [0.4, 0.5) is 5.88 Å². The summed E-state index contributed by atoms with van der Waals surface area (Å²) in [4.78, 5) is 4.89. The SMILES string of the molecule is CCc1cc(OCc2ccc(-c3ccccc3S(=O)(=O)Nc3onc(C)c3C)c(Cl)c2)c2c(n1)CCCC2. The van der Waals surface area contributed by atoms with Gasteiger partial charge in [-0.15, -0.1) is 0 Å². The first-order valence-electron chi connectivity index (χ1n) is 12.7. The van der Waals surface area contributed by atoms with E-state index >= 15 is 0 Å². The van der Waals surface area contributed by atoms with E-state index in [0.29, 0.717) is 34.0 Å². The van der Waals surface area contributed by atoms with E-state index in [1.165, 1.54) is 5.56 Å². The number of nitrogens with zero attached hydrogens (tertiary/aromatic N) is 2. The highest BCUT2D eigenvalue weighted by atomic mass is 35.5. The van der Waals surface area contributed by atoms with Crippen LogP contribution < -0.4 is 9.46 Å². The van der Waals surface area contributed by atoms with Gasteiger partial charge in [0.15, 0.2) is 0 Å². The van der Waals surface area contributed by atoms with E-state index in [2.05, 4.69) is 16.8 Å². The van der Waals surface area contributed by atoms with Crippen molar-refractivity contribution < 1.29 is 17.7 Å². The van der Waals surface area contributed by atoms with Gasteiger partial charge in [0, 0.05) is 44.7 Å². The molecule has 1 aliphatic rings. The summed E-state index contributed by atoms with van der Waals surface area (Å²) in [6, 6.07) is 14.4. The fourth-order valence-electron chi connectivity index (χ4n) is 4.67. The molecule has 1 N–H and O–H groups in total. The van der Waals surface area contributed by atoms with Crippen LogP contribution >= 0.6 is 11.6 Å². The maximum absolute atomic E-state index is 13.3. The van der Waals surface area contributed by atoms with Crippen LogP contribution in [0.3, 0.4) is 0 Å². The maximum Gasteiger partial charge on any atom is 0.264 e. The first kappa shape index (κ1) is 26.3. The summed E-state index contributed by atoms with van der Waals surface area (Å²) >= 11 is 6.71. The number of fused-ring (bicyclic) bond motifs is 1. The number of rotatable bonds is 8. The third kappa shape index (κ3) is 5.28. The number of aromatic nitrogens is 2. The number of hydrogen-bond donors (Lipinski definition) is 1. The summed E-state index contributed by atoms with van der Waals surface area (Å²) in [5, 5.41) is 4.27. The Hall–Kier alpha value is -3.36. The number of sulfonamides is 1. The summed E-state index contributed by atoms with van der Waals surface area (Å²) in [5.74, 6) is 0.993. The molecule has 2 aromatic heterocycles. The second-order valence-corrected chi connectivity index (χ2v) is 11.6. The summed E-state index contributed by atoms with van der Waals surface area (Å²) in [5.41, 5.74) is 6.64. The van der Waals surface area contributed by atoms with E-state index in [-0.39, 0.29) is 10.8 Å². The largest absolute Gasteiger partial charge is 0.488 e. The van der Waals surface area contributed by atoms with Crippen molar-refractivity contribution in [3.63, 3.8) is 0 Å². The molecule has 2 aromatic carbocycles. The Bertz CT molecular complexity index is 1600. The van der Waals surface area contributed by atoms with Crippen LogP contribution in [-0.2, 0) is 35.9 Å². The van der Waals surface area contributed by atoms with Crippen molar-refractivity contribution in [2.45, 2.75) is 64.4 Å². The molecule has 0 saturated heterocycles. The first-order valence-corrected chi connectivity index (χ1v) is 14.6. The lowest BCUT2D eigenvalue weighted by Crippen LogP contribution is -2.14. The van der Waals surface area contributed by atoms with Crippen LogP contribution in [0, 0.1) is 13.8 Å². The number of pyridine rings is 1. The molecule has 0 saturated carbocycles. The molecule has 198 valence electrons. The lowest BCUT2D eigenvalue weighted by atomic mass is 9.94. The highest BCUT2D eigenvalue weighted by Gasteiger charge is 2.24. The number of aryl methyl sites for hydroxylation is 3. The van der Waals surface area contributed by atoms with Crippen molar-refractivity contribution in [2.24, 2.45) is 0 Å². The van der Waals surface area contributed by atoms with Gasteiger partial charge in [-0.3, -0.25) is 4.98 Å². The van der Waals surface area contributed by atoms with Gasteiger partial charge >= 0.3 is 0 Å². The summed E-state index contributed by atoms with van der Waals surface area (Å²) in [6.07, 6.45) is 5.13. The number of benzene rings is 2. The predicted molar refractivity (Wildman–Crippen MR) is 148 cm³/mol. The molecule has 7 nitrogen and oxygen atoms in total. The molecule has 0 radical (unpaired) electrons. The zero-order chi connectivity index (χ0) is 26.9. The van der Waals surface area contributed by atoms with Gasteiger partial charge in [-0.2, -0.15) is 0 Å². The lowest BCUT2D eigenvalue weighted by molar-refractivity contribution is 0.300. The van der Waals surface area contributed by atoms with Gasteiger partial charge in [0.1, 0.15) is 12.4 Å². The topological polar surface area (TPSA) is 94.3 Å². The first-order chi connectivity index (χ1) is 18.3. The van der Waals surface area contributed by atoms with Crippen LogP contribution in [0.5, 0.6) is 5.75 Å². The number of hydrogen-bond acceptors (Lipinski definition) is 6. The van der Waals surface area contributed by atoms with Crippen LogP contribution in [0.25, 0.3) is 11.1 Å². The van der Waals surface area contributed by atoms with Gasteiger partial charge in [0.2, 0.25) is 5.88 Å². The molecule has 0 bridgehead atoms. The Labute approximate surface area is 228 Å². The smallest absolute Gasteiger partial charge is 0.264 e. The monoisotopic (exact) mass is 551 g/mol. The lowest BCUT2D eigenvalue weighted by Gasteiger charge is -2.20. The zero-order valence-corrected chi connectivity index (χ0v) is 23.2. The molecule has 0 spiro atoms. The Balaban J connectivity index is 1.40. The fourth-order valence-corrected chi connectivity index (χ4v) is 6.25. The molecule has 0 fully saturated rings. The average molecular weight is 552 g/mol.